The SMILES string of the molecule is COc1ccc(S(=O)(=O)N2CCN(c3nc(-c4cc(OC)cc(OC)c4)cs3)CC2)cc1. The predicted octanol–water partition coefficient (Wildman–Crippen LogP) is 3.35. The van der Waals surface area contributed by atoms with Crippen LogP contribution in [0.4, 0.5) is 5.13 Å². The maximum absolute atomic E-state index is 13.0. The Labute approximate surface area is 192 Å². The first-order valence-corrected chi connectivity index (χ1v) is 12.3. The largest absolute Gasteiger partial charge is 0.497 e. The quantitative estimate of drug-likeness (QED) is 0.518. The van der Waals surface area contributed by atoms with Gasteiger partial charge in [-0.25, -0.2) is 13.4 Å². The van der Waals surface area contributed by atoms with Gasteiger partial charge in [-0.3, -0.25) is 0 Å². The second-order valence-corrected chi connectivity index (χ2v) is 9.96. The summed E-state index contributed by atoms with van der Waals surface area (Å²) in [7, 11) is 1.24. The van der Waals surface area contributed by atoms with Crippen LogP contribution >= 0.6 is 11.3 Å². The molecule has 1 aliphatic heterocycles. The molecule has 32 heavy (non-hydrogen) atoms. The summed E-state index contributed by atoms with van der Waals surface area (Å²) < 4.78 is 43.3. The van der Waals surface area contributed by atoms with Gasteiger partial charge < -0.3 is 19.1 Å². The van der Waals surface area contributed by atoms with Crippen LogP contribution in [0.25, 0.3) is 11.3 Å². The van der Waals surface area contributed by atoms with Crippen molar-refractivity contribution in [3.63, 3.8) is 0 Å². The minimum Gasteiger partial charge on any atom is -0.497 e. The number of ether oxygens (including phenoxy) is 3. The van der Waals surface area contributed by atoms with Gasteiger partial charge in [0.25, 0.3) is 0 Å². The first-order valence-electron chi connectivity index (χ1n) is 10.0. The zero-order chi connectivity index (χ0) is 22.7. The second kappa shape index (κ2) is 9.35. The number of thiazole rings is 1. The van der Waals surface area contributed by atoms with Crippen LogP contribution in [-0.2, 0) is 10.0 Å². The number of nitrogens with zero attached hydrogens (tertiary/aromatic N) is 3. The van der Waals surface area contributed by atoms with Crippen LogP contribution in [-0.4, -0.2) is 65.2 Å². The van der Waals surface area contributed by atoms with E-state index >= 15 is 0 Å². The molecule has 1 saturated heterocycles. The highest BCUT2D eigenvalue weighted by Gasteiger charge is 2.29. The lowest BCUT2D eigenvalue weighted by atomic mass is 10.1. The summed E-state index contributed by atoms with van der Waals surface area (Å²) in [4.78, 5) is 7.16. The van der Waals surface area contributed by atoms with E-state index in [-0.39, 0.29) is 4.90 Å². The van der Waals surface area contributed by atoms with E-state index in [1.54, 1.807) is 45.6 Å². The summed E-state index contributed by atoms with van der Waals surface area (Å²) in [6, 6.07) is 12.1. The smallest absolute Gasteiger partial charge is 0.243 e. The number of sulfonamides is 1. The fourth-order valence-corrected chi connectivity index (χ4v) is 5.82. The first kappa shape index (κ1) is 22.4. The van der Waals surface area contributed by atoms with Crippen molar-refractivity contribution in [1.29, 1.82) is 0 Å². The topological polar surface area (TPSA) is 81.2 Å². The van der Waals surface area contributed by atoms with E-state index in [0.29, 0.717) is 43.4 Å². The molecule has 0 aliphatic carbocycles. The fourth-order valence-electron chi connectivity index (χ4n) is 3.51. The van der Waals surface area contributed by atoms with Crippen molar-refractivity contribution in [1.82, 2.24) is 9.29 Å². The summed E-state index contributed by atoms with van der Waals surface area (Å²) in [5, 5.41) is 2.85. The lowest BCUT2D eigenvalue weighted by Crippen LogP contribution is -2.48. The van der Waals surface area contributed by atoms with E-state index in [1.807, 2.05) is 23.6 Å². The highest BCUT2D eigenvalue weighted by atomic mass is 32.2. The molecular weight excluding hydrogens is 450 g/mol. The predicted molar refractivity (Wildman–Crippen MR) is 125 cm³/mol. The Morgan fingerprint density at radius 1 is 0.844 bits per heavy atom. The molecule has 0 radical (unpaired) electrons. The highest BCUT2D eigenvalue weighted by molar-refractivity contribution is 7.89. The molecule has 0 spiro atoms. The molecule has 0 amide bonds. The van der Waals surface area contributed by atoms with E-state index in [2.05, 4.69) is 4.90 Å². The highest BCUT2D eigenvalue weighted by Crippen LogP contribution is 2.33. The third kappa shape index (κ3) is 4.52. The van der Waals surface area contributed by atoms with Gasteiger partial charge in [-0.1, -0.05) is 0 Å². The third-order valence-corrected chi connectivity index (χ3v) is 8.16. The molecule has 0 N–H and O–H groups in total. The summed E-state index contributed by atoms with van der Waals surface area (Å²) >= 11 is 1.54. The van der Waals surface area contributed by atoms with E-state index in [9.17, 15) is 8.42 Å². The molecule has 2 heterocycles. The molecule has 0 saturated carbocycles. The lowest BCUT2D eigenvalue weighted by molar-refractivity contribution is 0.384. The van der Waals surface area contributed by atoms with Crippen molar-refractivity contribution < 1.29 is 22.6 Å². The minimum absolute atomic E-state index is 0.273. The molecule has 8 nitrogen and oxygen atoms in total. The molecule has 4 rings (SSSR count). The zero-order valence-electron chi connectivity index (χ0n) is 18.1. The van der Waals surface area contributed by atoms with Crippen molar-refractivity contribution in [3.05, 3.63) is 47.8 Å². The van der Waals surface area contributed by atoms with Crippen molar-refractivity contribution in [2.24, 2.45) is 0 Å². The normalized spacial score (nSPS) is 14.9. The minimum atomic E-state index is -3.54. The lowest BCUT2D eigenvalue weighted by Gasteiger charge is -2.33. The van der Waals surface area contributed by atoms with Gasteiger partial charge in [0.15, 0.2) is 5.13 Å². The van der Waals surface area contributed by atoms with Gasteiger partial charge in [-0.2, -0.15) is 4.31 Å². The standard InChI is InChI=1S/C22H25N3O5S2/c1-28-17-4-6-20(7-5-17)32(26,27)25-10-8-24(9-11-25)22-23-21(15-31-22)16-12-18(29-2)14-19(13-16)30-3/h4-7,12-15H,8-11H2,1-3H3. The van der Waals surface area contributed by atoms with Crippen molar-refractivity contribution in [2.75, 3.05) is 52.4 Å². The number of rotatable bonds is 7. The van der Waals surface area contributed by atoms with E-state index in [4.69, 9.17) is 19.2 Å². The molecule has 0 unspecified atom stereocenters. The molecule has 0 bridgehead atoms. The number of piperazine rings is 1. The number of methoxy groups -OCH3 is 3. The van der Waals surface area contributed by atoms with E-state index in [0.717, 1.165) is 16.4 Å². The van der Waals surface area contributed by atoms with Gasteiger partial charge >= 0.3 is 0 Å². The van der Waals surface area contributed by atoms with Gasteiger partial charge in [-0.15, -0.1) is 11.3 Å². The van der Waals surface area contributed by atoms with Crippen LogP contribution in [0.2, 0.25) is 0 Å². The monoisotopic (exact) mass is 475 g/mol. The number of benzene rings is 2. The molecule has 1 aromatic heterocycles. The zero-order valence-corrected chi connectivity index (χ0v) is 19.8. The maximum Gasteiger partial charge on any atom is 0.243 e. The second-order valence-electron chi connectivity index (χ2n) is 7.18. The molecule has 3 aromatic rings. The van der Waals surface area contributed by atoms with E-state index < -0.39 is 10.0 Å². The Morgan fingerprint density at radius 3 is 2.00 bits per heavy atom. The summed E-state index contributed by atoms with van der Waals surface area (Å²) in [6.07, 6.45) is 0. The number of hydrogen-bond acceptors (Lipinski definition) is 8. The number of hydrogen-bond donors (Lipinski definition) is 0. The molecule has 10 heteroatoms. The molecular formula is C22H25N3O5S2. The van der Waals surface area contributed by atoms with Crippen molar-refractivity contribution >= 4 is 26.5 Å². The molecule has 1 aliphatic rings. The maximum atomic E-state index is 13.0. The van der Waals surface area contributed by atoms with Crippen molar-refractivity contribution in [2.45, 2.75) is 4.90 Å². The van der Waals surface area contributed by atoms with Gasteiger partial charge in [0.05, 0.1) is 31.9 Å². The Kier molecular flexibility index (Phi) is 6.54. The van der Waals surface area contributed by atoms with Crippen molar-refractivity contribution in [3.8, 4) is 28.5 Å². The fraction of sp³-hybridized carbons (Fsp3) is 0.318. The van der Waals surface area contributed by atoms with Gasteiger partial charge in [0, 0.05) is 43.2 Å². The van der Waals surface area contributed by atoms with E-state index in [1.165, 1.54) is 15.6 Å². The van der Waals surface area contributed by atoms with Crippen LogP contribution in [0.15, 0.2) is 52.7 Å². The molecule has 1 fully saturated rings. The number of aromatic nitrogens is 1. The average molecular weight is 476 g/mol. The number of anilines is 1. The average Bonchev–Trinajstić information content (AvgIpc) is 3.34. The van der Waals surface area contributed by atoms with Crippen LogP contribution in [0.5, 0.6) is 17.2 Å². The Bertz CT molecular complexity index is 1150. The third-order valence-electron chi connectivity index (χ3n) is 5.35. The van der Waals surface area contributed by atoms with Gasteiger partial charge in [-0.05, 0) is 36.4 Å². The summed E-state index contributed by atoms with van der Waals surface area (Å²) in [5.41, 5.74) is 1.74. The van der Waals surface area contributed by atoms with Crippen LogP contribution < -0.4 is 19.1 Å². The van der Waals surface area contributed by atoms with Crippen LogP contribution in [0, 0.1) is 0 Å². The van der Waals surface area contributed by atoms with Crippen LogP contribution in [0.1, 0.15) is 0 Å². The Morgan fingerprint density at radius 2 is 1.44 bits per heavy atom. The van der Waals surface area contributed by atoms with Gasteiger partial charge in [0.2, 0.25) is 10.0 Å². The van der Waals surface area contributed by atoms with Crippen LogP contribution in [0.3, 0.4) is 0 Å². The van der Waals surface area contributed by atoms with Gasteiger partial charge in [0.1, 0.15) is 17.2 Å². The Hall–Kier alpha value is -2.82. The molecule has 2 aromatic carbocycles. The summed E-state index contributed by atoms with van der Waals surface area (Å²) in [5.74, 6) is 2.03. The molecule has 170 valence electrons. The first-order chi connectivity index (χ1) is 15.4. The molecule has 0 atom stereocenters. The Balaban J connectivity index is 1.45. The summed E-state index contributed by atoms with van der Waals surface area (Å²) in [6.45, 7) is 1.94.